The summed E-state index contributed by atoms with van der Waals surface area (Å²) in [6.07, 6.45) is 2.04. The molecule has 0 saturated heterocycles. The van der Waals surface area contributed by atoms with Crippen molar-refractivity contribution in [2.45, 2.75) is 38.2 Å². The molecule has 0 fully saturated rings. The summed E-state index contributed by atoms with van der Waals surface area (Å²) in [4.78, 5) is 15.8. The minimum atomic E-state index is -0.594. The standard InChI is InChI=1S/C29H34Cl2N6O2S/c1-19-17-36(27-10-9-26(33-34-27)32-11-12-35(5)6)25-8-7-22(16-24(19)25)37(18-28(38)39-29(2,3)4)40-23-14-20(30)13-21(31)15-23/h7-10,13-17H,11-12,18H2,1-6H3,(H,32,33). The van der Waals surface area contributed by atoms with Gasteiger partial charge in [0.1, 0.15) is 18.0 Å². The van der Waals surface area contributed by atoms with Gasteiger partial charge in [-0.1, -0.05) is 23.2 Å². The van der Waals surface area contributed by atoms with Crippen LogP contribution in [0.1, 0.15) is 26.3 Å². The Labute approximate surface area is 249 Å². The number of halogens is 2. The molecule has 0 unspecified atom stereocenters. The third kappa shape index (κ3) is 8.04. The molecule has 4 rings (SSSR count). The zero-order valence-corrected chi connectivity index (χ0v) is 25.9. The van der Waals surface area contributed by atoms with Gasteiger partial charge in [0, 0.05) is 45.3 Å². The summed E-state index contributed by atoms with van der Waals surface area (Å²) in [5.74, 6) is 1.12. The van der Waals surface area contributed by atoms with Crippen molar-refractivity contribution in [3.63, 3.8) is 0 Å². The predicted molar refractivity (Wildman–Crippen MR) is 166 cm³/mol. The van der Waals surface area contributed by atoms with E-state index >= 15 is 0 Å². The first-order valence-electron chi connectivity index (χ1n) is 12.9. The summed E-state index contributed by atoms with van der Waals surface area (Å²) < 4.78 is 9.53. The average molecular weight is 602 g/mol. The lowest BCUT2D eigenvalue weighted by molar-refractivity contribution is -0.152. The van der Waals surface area contributed by atoms with Crippen LogP contribution in [-0.2, 0) is 9.53 Å². The minimum Gasteiger partial charge on any atom is -0.459 e. The maximum atomic E-state index is 12.9. The van der Waals surface area contributed by atoms with Crippen LogP contribution in [0.4, 0.5) is 11.5 Å². The molecule has 0 aliphatic carbocycles. The van der Waals surface area contributed by atoms with Crippen LogP contribution in [0.25, 0.3) is 16.7 Å². The largest absolute Gasteiger partial charge is 0.459 e. The highest BCUT2D eigenvalue weighted by Gasteiger charge is 2.22. The number of anilines is 2. The molecule has 11 heteroatoms. The molecule has 0 spiro atoms. The van der Waals surface area contributed by atoms with E-state index < -0.39 is 5.60 Å². The van der Waals surface area contributed by atoms with Gasteiger partial charge in [-0.15, -0.1) is 10.2 Å². The molecule has 0 aliphatic rings. The SMILES string of the molecule is Cc1cn(-c2ccc(NCCN(C)C)nn2)c2ccc(N(CC(=O)OC(C)(C)C)Sc3cc(Cl)cc(Cl)c3)cc12. The first-order chi connectivity index (χ1) is 18.9. The highest BCUT2D eigenvalue weighted by molar-refractivity contribution is 8.00. The number of carbonyl (C=O) groups excluding carboxylic acids is 1. The Morgan fingerprint density at radius 1 is 1.05 bits per heavy atom. The summed E-state index contributed by atoms with van der Waals surface area (Å²) in [7, 11) is 4.06. The molecule has 0 aliphatic heterocycles. The normalized spacial score (nSPS) is 11.7. The van der Waals surface area contributed by atoms with Crippen LogP contribution in [0.2, 0.25) is 10.0 Å². The predicted octanol–water partition coefficient (Wildman–Crippen LogP) is 6.86. The number of nitrogens with one attached hydrogen (secondary N) is 1. The van der Waals surface area contributed by atoms with Crippen molar-refractivity contribution >= 4 is 63.5 Å². The van der Waals surface area contributed by atoms with Crippen molar-refractivity contribution in [2.75, 3.05) is 43.4 Å². The summed E-state index contributed by atoms with van der Waals surface area (Å²) in [5.41, 5.74) is 2.30. The third-order valence-electron chi connectivity index (χ3n) is 5.78. The van der Waals surface area contributed by atoms with Crippen molar-refractivity contribution in [1.29, 1.82) is 0 Å². The van der Waals surface area contributed by atoms with Gasteiger partial charge in [0.25, 0.3) is 0 Å². The number of aromatic nitrogens is 3. The van der Waals surface area contributed by atoms with E-state index in [1.807, 2.05) is 86.3 Å². The van der Waals surface area contributed by atoms with E-state index in [-0.39, 0.29) is 12.5 Å². The van der Waals surface area contributed by atoms with Gasteiger partial charge in [0.05, 0.1) is 5.52 Å². The maximum Gasteiger partial charge on any atom is 0.327 e. The van der Waals surface area contributed by atoms with Crippen molar-refractivity contribution in [1.82, 2.24) is 19.7 Å². The number of hydrogen-bond acceptors (Lipinski definition) is 8. The number of fused-ring (bicyclic) bond motifs is 1. The van der Waals surface area contributed by atoms with E-state index in [0.29, 0.717) is 10.0 Å². The number of likely N-dealkylation sites (N-methyl/N-ethyl adjacent to an activating group) is 1. The molecule has 2 heterocycles. The fourth-order valence-corrected chi connectivity index (χ4v) is 5.72. The van der Waals surface area contributed by atoms with E-state index in [4.69, 9.17) is 27.9 Å². The van der Waals surface area contributed by atoms with Crippen molar-refractivity contribution in [2.24, 2.45) is 0 Å². The molecule has 2 aromatic heterocycles. The van der Waals surface area contributed by atoms with Crippen LogP contribution in [0, 0.1) is 6.92 Å². The second kappa shape index (κ2) is 12.7. The quantitative estimate of drug-likeness (QED) is 0.156. The maximum absolute atomic E-state index is 12.9. The van der Waals surface area contributed by atoms with E-state index in [9.17, 15) is 4.79 Å². The molecule has 212 valence electrons. The minimum absolute atomic E-state index is 0.0328. The Morgan fingerprint density at radius 3 is 2.40 bits per heavy atom. The molecule has 0 bridgehead atoms. The molecule has 40 heavy (non-hydrogen) atoms. The fourth-order valence-electron chi connectivity index (χ4n) is 4.06. The summed E-state index contributed by atoms with van der Waals surface area (Å²) in [6, 6.07) is 15.3. The Kier molecular flexibility index (Phi) is 9.51. The number of ether oxygens (including phenoxy) is 1. The van der Waals surface area contributed by atoms with Gasteiger partial charge in [0.15, 0.2) is 5.82 Å². The average Bonchev–Trinajstić information content (AvgIpc) is 3.18. The van der Waals surface area contributed by atoms with E-state index in [1.165, 1.54) is 11.9 Å². The van der Waals surface area contributed by atoms with E-state index in [2.05, 4.69) is 33.4 Å². The molecule has 0 atom stereocenters. The van der Waals surface area contributed by atoms with Gasteiger partial charge in [-0.2, -0.15) is 0 Å². The van der Waals surface area contributed by atoms with Gasteiger partial charge in [-0.3, -0.25) is 9.36 Å². The Morgan fingerprint density at radius 2 is 1.77 bits per heavy atom. The lowest BCUT2D eigenvalue weighted by Crippen LogP contribution is -2.31. The Balaban J connectivity index is 1.63. The number of nitrogens with zero attached hydrogens (tertiary/aromatic N) is 5. The second-order valence-corrected chi connectivity index (χ2v) is 12.7. The number of esters is 1. The molecule has 4 aromatic rings. The second-order valence-electron chi connectivity index (χ2n) is 10.7. The first-order valence-corrected chi connectivity index (χ1v) is 14.4. The summed E-state index contributed by atoms with van der Waals surface area (Å²) >= 11 is 13.9. The van der Waals surface area contributed by atoms with Gasteiger partial charge >= 0.3 is 5.97 Å². The van der Waals surface area contributed by atoms with E-state index in [0.717, 1.165) is 51.8 Å². The first kappa shape index (κ1) is 30.0. The fraction of sp³-hybridized carbons (Fsp3) is 0.345. The Hall–Kier alpha value is -2.98. The monoisotopic (exact) mass is 600 g/mol. The van der Waals surface area contributed by atoms with Crippen LogP contribution in [0.15, 0.2) is 59.6 Å². The molecule has 0 amide bonds. The van der Waals surface area contributed by atoms with Crippen LogP contribution < -0.4 is 9.62 Å². The van der Waals surface area contributed by atoms with Gasteiger partial charge in [-0.05, 0) is 108 Å². The molecule has 0 radical (unpaired) electrons. The van der Waals surface area contributed by atoms with Gasteiger partial charge in [-0.25, -0.2) is 0 Å². The van der Waals surface area contributed by atoms with Crippen molar-refractivity contribution in [3.8, 4) is 5.82 Å². The van der Waals surface area contributed by atoms with Crippen LogP contribution >= 0.6 is 35.1 Å². The molecular formula is C29H34Cl2N6O2S. The summed E-state index contributed by atoms with van der Waals surface area (Å²) in [6.45, 7) is 9.33. The lowest BCUT2D eigenvalue weighted by atomic mass is 10.1. The highest BCUT2D eigenvalue weighted by Crippen LogP contribution is 2.35. The number of aryl methyl sites for hydroxylation is 1. The molecular weight excluding hydrogens is 567 g/mol. The summed E-state index contributed by atoms with van der Waals surface area (Å²) in [5, 5.41) is 14.2. The molecule has 2 aromatic carbocycles. The number of hydrogen-bond donors (Lipinski definition) is 1. The van der Waals surface area contributed by atoms with Crippen LogP contribution in [-0.4, -0.2) is 65.0 Å². The van der Waals surface area contributed by atoms with Crippen LogP contribution in [0.5, 0.6) is 0 Å². The molecule has 8 nitrogen and oxygen atoms in total. The Bertz CT molecular complexity index is 1460. The smallest absolute Gasteiger partial charge is 0.327 e. The molecule has 0 saturated carbocycles. The van der Waals surface area contributed by atoms with Gasteiger partial charge < -0.3 is 19.3 Å². The lowest BCUT2D eigenvalue weighted by Gasteiger charge is -2.26. The number of benzene rings is 2. The molecule has 1 N–H and O–H groups in total. The zero-order valence-electron chi connectivity index (χ0n) is 23.5. The number of rotatable bonds is 10. The van der Waals surface area contributed by atoms with Crippen molar-refractivity contribution in [3.05, 3.63) is 70.3 Å². The third-order valence-corrected chi connectivity index (χ3v) is 7.23. The van der Waals surface area contributed by atoms with Crippen LogP contribution in [0.3, 0.4) is 0 Å². The topological polar surface area (TPSA) is 75.5 Å². The number of carbonyl (C=O) groups is 1. The zero-order chi connectivity index (χ0) is 29.0. The van der Waals surface area contributed by atoms with Gasteiger partial charge in [0.2, 0.25) is 0 Å². The highest BCUT2D eigenvalue weighted by atomic mass is 35.5. The van der Waals surface area contributed by atoms with E-state index in [1.54, 1.807) is 6.07 Å². The van der Waals surface area contributed by atoms with Crippen molar-refractivity contribution < 1.29 is 9.53 Å².